The van der Waals surface area contributed by atoms with Gasteiger partial charge in [0.15, 0.2) is 0 Å². The summed E-state index contributed by atoms with van der Waals surface area (Å²) in [5.41, 5.74) is 5.95. The molecule has 1 aliphatic heterocycles. The molecule has 2 nitrogen and oxygen atoms in total. The standard InChI is InChI=1S/C12H14N2/c1-2-7-11-10(4-1)8-13-14-12(11)9-5-3-6-9/h1-2,4,7-9,12,14H,3,5-6H2/t12-/m1/s1. The Hall–Kier alpha value is -1.31. The van der Waals surface area contributed by atoms with Crippen molar-refractivity contribution in [2.75, 3.05) is 0 Å². The fourth-order valence-corrected chi connectivity index (χ4v) is 2.30. The third kappa shape index (κ3) is 1.14. The Kier molecular flexibility index (Phi) is 1.79. The molecule has 1 aliphatic carbocycles. The third-order valence-corrected chi connectivity index (χ3v) is 3.37. The molecule has 1 aromatic carbocycles. The predicted octanol–water partition coefficient (Wildman–Crippen LogP) is 2.46. The number of hydrogen-bond acceptors (Lipinski definition) is 2. The van der Waals surface area contributed by atoms with Crippen molar-refractivity contribution in [3.05, 3.63) is 35.4 Å². The van der Waals surface area contributed by atoms with Crippen molar-refractivity contribution >= 4 is 6.21 Å². The second-order valence-electron chi connectivity index (χ2n) is 4.18. The van der Waals surface area contributed by atoms with Crippen LogP contribution in [-0.4, -0.2) is 6.21 Å². The van der Waals surface area contributed by atoms with Gasteiger partial charge in [0.25, 0.3) is 0 Å². The fraction of sp³-hybridized carbons (Fsp3) is 0.417. The highest BCUT2D eigenvalue weighted by Gasteiger charge is 2.30. The van der Waals surface area contributed by atoms with Gasteiger partial charge in [-0.3, -0.25) is 0 Å². The van der Waals surface area contributed by atoms with Crippen molar-refractivity contribution in [2.24, 2.45) is 11.0 Å². The zero-order chi connectivity index (χ0) is 9.38. The highest BCUT2D eigenvalue weighted by Crippen LogP contribution is 2.39. The normalized spacial score (nSPS) is 25.0. The lowest BCUT2D eigenvalue weighted by Crippen LogP contribution is -2.32. The van der Waals surface area contributed by atoms with Gasteiger partial charge < -0.3 is 5.43 Å². The van der Waals surface area contributed by atoms with E-state index in [1.54, 1.807) is 0 Å². The molecular weight excluding hydrogens is 172 g/mol. The molecule has 2 heteroatoms. The Balaban J connectivity index is 1.98. The van der Waals surface area contributed by atoms with Crippen molar-refractivity contribution < 1.29 is 0 Å². The van der Waals surface area contributed by atoms with Gasteiger partial charge in [0.2, 0.25) is 0 Å². The SMILES string of the molecule is C1=NN[C@H](C2CCC2)c2ccccc21. The third-order valence-electron chi connectivity index (χ3n) is 3.37. The number of hydrazone groups is 1. The van der Waals surface area contributed by atoms with Crippen molar-refractivity contribution in [3.63, 3.8) is 0 Å². The van der Waals surface area contributed by atoms with Gasteiger partial charge in [-0.05, 0) is 29.9 Å². The average Bonchev–Trinajstić information content (AvgIpc) is 2.16. The largest absolute Gasteiger partial charge is 0.302 e. The van der Waals surface area contributed by atoms with Crippen LogP contribution in [0.15, 0.2) is 29.4 Å². The zero-order valence-electron chi connectivity index (χ0n) is 8.11. The fourth-order valence-electron chi connectivity index (χ4n) is 2.30. The first kappa shape index (κ1) is 8.04. The lowest BCUT2D eigenvalue weighted by molar-refractivity contribution is 0.231. The summed E-state index contributed by atoms with van der Waals surface area (Å²) in [5.74, 6) is 0.800. The molecule has 2 aliphatic rings. The molecule has 0 spiro atoms. The second-order valence-corrected chi connectivity index (χ2v) is 4.18. The minimum atomic E-state index is 0.463. The van der Waals surface area contributed by atoms with E-state index in [2.05, 4.69) is 34.8 Å². The Morgan fingerprint density at radius 3 is 2.86 bits per heavy atom. The monoisotopic (exact) mass is 186 g/mol. The van der Waals surface area contributed by atoms with Gasteiger partial charge >= 0.3 is 0 Å². The topological polar surface area (TPSA) is 24.4 Å². The molecular formula is C12H14N2. The molecule has 72 valence electrons. The van der Waals surface area contributed by atoms with E-state index in [9.17, 15) is 0 Å². The first-order valence-corrected chi connectivity index (χ1v) is 5.33. The molecule has 1 fully saturated rings. The summed E-state index contributed by atoms with van der Waals surface area (Å²) in [6.45, 7) is 0. The van der Waals surface area contributed by atoms with Crippen LogP contribution >= 0.6 is 0 Å². The highest BCUT2D eigenvalue weighted by molar-refractivity contribution is 5.82. The van der Waals surface area contributed by atoms with Gasteiger partial charge in [-0.2, -0.15) is 5.10 Å². The van der Waals surface area contributed by atoms with E-state index in [1.807, 2.05) is 6.21 Å². The van der Waals surface area contributed by atoms with Crippen LogP contribution < -0.4 is 5.43 Å². The summed E-state index contributed by atoms with van der Waals surface area (Å²) in [5, 5.41) is 4.23. The molecule has 1 atom stereocenters. The Morgan fingerprint density at radius 1 is 1.21 bits per heavy atom. The maximum absolute atomic E-state index is 4.23. The summed E-state index contributed by atoms with van der Waals surface area (Å²) in [7, 11) is 0. The zero-order valence-corrected chi connectivity index (χ0v) is 8.11. The molecule has 1 saturated carbocycles. The molecule has 0 amide bonds. The number of benzene rings is 1. The summed E-state index contributed by atoms with van der Waals surface area (Å²) >= 11 is 0. The van der Waals surface area contributed by atoms with E-state index in [4.69, 9.17) is 0 Å². The molecule has 0 bridgehead atoms. The van der Waals surface area contributed by atoms with Crippen LogP contribution in [-0.2, 0) is 0 Å². The van der Waals surface area contributed by atoms with Crippen LogP contribution in [0.1, 0.15) is 36.4 Å². The Bertz CT molecular complexity index is 366. The Morgan fingerprint density at radius 2 is 2.07 bits per heavy atom. The quantitative estimate of drug-likeness (QED) is 0.715. The number of hydrogen-bond donors (Lipinski definition) is 1. The van der Waals surface area contributed by atoms with Crippen LogP contribution in [0.3, 0.4) is 0 Å². The maximum atomic E-state index is 4.23. The van der Waals surface area contributed by atoms with Crippen LogP contribution in [0.2, 0.25) is 0 Å². The molecule has 0 unspecified atom stereocenters. The number of nitrogens with one attached hydrogen (secondary N) is 1. The summed E-state index contributed by atoms with van der Waals surface area (Å²) < 4.78 is 0. The first-order valence-electron chi connectivity index (χ1n) is 5.33. The van der Waals surface area contributed by atoms with Crippen molar-refractivity contribution in [1.29, 1.82) is 0 Å². The average molecular weight is 186 g/mol. The van der Waals surface area contributed by atoms with Gasteiger partial charge in [0.05, 0.1) is 12.3 Å². The highest BCUT2D eigenvalue weighted by atomic mass is 15.3. The first-order chi connectivity index (χ1) is 6.95. The molecule has 1 heterocycles. The number of nitrogens with zero attached hydrogens (tertiary/aromatic N) is 1. The van der Waals surface area contributed by atoms with Gasteiger partial charge in [0.1, 0.15) is 0 Å². The predicted molar refractivity (Wildman–Crippen MR) is 57.3 cm³/mol. The second kappa shape index (κ2) is 3.12. The van der Waals surface area contributed by atoms with E-state index < -0.39 is 0 Å². The number of fused-ring (bicyclic) bond motifs is 1. The van der Waals surface area contributed by atoms with Gasteiger partial charge in [-0.1, -0.05) is 30.7 Å². The van der Waals surface area contributed by atoms with Crippen molar-refractivity contribution in [2.45, 2.75) is 25.3 Å². The molecule has 1 aromatic rings. The van der Waals surface area contributed by atoms with Gasteiger partial charge in [0, 0.05) is 0 Å². The molecule has 0 radical (unpaired) electrons. The molecule has 3 rings (SSSR count). The minimum absolute atomic E-state index is 0.463. The van der Waals surface area contributed by atoms with E-state index in [1.165, 1.54) is 30.4 Å². The lowest BCUT2D eigenvalue weighted by atomic mass is 9.76. The number of rotatable bonds is 1. The van der Waals surface area contributed by atoms with E-state index in [0.29, 0.717) is 6.04 Å². The Labute approximate surface area is 84.0 Å². The van der Waals surface area contributed by atoms with E-state index >= 15 is 0 Å². The lowest BCUT2D eigenvalue weighted by Gasteiger charge is -2.35. The van der Waals surface area contributed by atoms with Crippen LogP contribution in [0.5, 0.6) is 0 Å². The van der Waals surface area contributed by atoms with E-state index in [0.717, 1.165) is 5.92 Å². The van der Waals surface area contributed by atoms with Crippen LogP contribution in [0.25, 0.3) is 0 Å². The smallest absolute Gasteiger partial charge is 0.0723 e. The van der Waals surface area contributed by atoms with Gasteiger partial charge in [-0.15, -0.1) is 0 Å². The van der Waals surface area contributed by atoms with Crippen LogP contribution in [0.4, 0.5) is 0 Å². The van der Waals surface area contributed by atoms with Crippen molar-refractivity contribution in [3.8, 4) is 0 Å². The minimum Gasteiger partial charge on any atom is -0.302 e. The summed E-state index contributed by atoms with van der Waals surface area (Å²) in [4.78, 5) is 0. The summed E-state index contributed by atoms with van der Waals surface area (Å²) in [6, 6.07) is 9.02. The molecule has 0 aromatic heterocycles. The maximum Gasteiger partial charge on any atom is 0.0723 e. The molecule has 14 heavy (non-hydrogen) atoms. The summed E-state index contributed by atoms with van der Waals surface area (Å²) in [6.07, 6.45) is 6.00. The van der Waals surface area contributed by atoms with Crippen molar-refractivity contribution in [1.82, 2.24) is 5.43 Å². The molecule has 1 N–H and O–H groups in total. The molecule has 0 saturated heterocycles. The van der Waals surface area contributed by atoms with E-state index in [-0.39, 0.29) is 0 Å². The van der Waals surface area contributed by atoms with Crippen LogP contribution in [0, 0.1) is 5.92 Å². The van der Waals surface area contributed by atoms with Gasteiger partial charge in [-0.25, -0.2) is 0 Å².